The first-order chi connectivity index (χ1) is 9.11. The van der Waals surface area contributed by atoms with Crippen molar-refractivity contribution >= 4 is 11.9 Å². The van der Waals surface area contributed by atoms with E-state index >= 15 is 0 Å². The Hall–Kier alpha value is -1.10. The van der Waals surface area contributed by atoms with E-state index in [1.54, 1.807) is 0 Å². The first-order valence-electron chi connectivity index (χ1n) is 7.27. The number of carboxylic acids is 1. The number of hydrogen-bond donors (Lipinski definition) is 1. The third-order valence-electron chi connectivity index (χ3n) is 4.75. The molecule has 1 heterocycles. The second-order valence-corrected chi connectivity index (χ2v) is 6.14. The van der Waals surface area contributed by atoms with Crippen molar-refractivity contribution < 1.29 is 19.4 Å². The zero-order chi connectivity index (χ0) is 13.5. The van der Waals surface area contributed by atoms with E-state index < -0.39 is 11.9 Å². The number of aliphatic carboxylic acids is 1. The highest BCUT2D eigenvalue weighted by Crippen LogP contribution is 2.42. The third-order valence-corrected chi connectivity index (χ3v) is 4.75. The van der Waals surface area contributed by atoms with Gasteiger partial charge in [-0.05, 0) is 19.3 Å². The summed E-state index contributed by atoms with van der Waals surface area (Å²) in [5.74, 6) is -1.53. The smallest absolute Gasteiger partial charge is 0.307 e. The Kier molecular flexibility index (Phi) is 3.25. The van der Waals surface area contributed by atoms with Crippen LogP contribution in [-0.2, 0) is 14.3 Å². The van der Waals surface area contributed by atoms with Gasteiger partial charge >= 0.3 is 5.97 Å². The fourth-order valence-electron chi connectivity index (χ4n) is 3.51. The number of nitrogens with zero attached hydrogens (tertiary/aromatic N) is 1. The molecule has 5 nitrogen and oxygen atoms in total. The predicted octanol–water partition coefficient (Wildman–Crippen LogP) is 1.27. The quantitative estimate of drug-likeness (QED) is 0.818. The SMILES string of the molecule is O=C(O)[C@@H]1C[C@H]1C(=O)N1CCOC2(CCCCC2)C1. The van der Waals surface area contributed by atoms with Gasteiger partial charge in [0.2, 0.25) is 5.91 Å². The highest BCUT2D eigenvalue weighted by Gasteiger charge is 2.51. The molecule has 1 aliphatic heterocycles. The molecule has 5 heteroatoms. The molecule has 0 radical (unpaired) electrons. The standard InChI is InChI=1S/C14H21NO4/c16-12(10-8-11(10)13(17)18)15-6-7-19-14(9-15)4-2-1-3-5-14/h10-11H,1-9H2,(H,17,18)/t10-,11-/m1/s1. The summed E-state index contributed by atoms with van der Waals surface area (Å²) in [4.78, 5) is 25.0. The van der Waals surface area contributed by atoms with Crippen LogP contribution in [0, 0.1) is 11.8 Å². The lowest BCUT2D eigenvalue weighted by molar-refractivity contribution is -0.158. The molecular formula is C14H21NO4. The predicted molar refractivity (Wildman–Crippen MR) is 67.6 cm³/mol. The minimum absolute atomic E-state index is 0.0284. The molecule has 2 aliphatic carbocycles. The van der Waals surface area contributed by atoms with Crippen LogP contribution in [0.3, 0.4) is 0 Å². The van der Waals surface area contributed by atoms with E-state index in [1.807, 2.05) is 4.90 Å². The van der Waals surface area contributed by atoms with Crippen LogP contribution >= 0.6 is 0 Å². The third kappa shape index (κ3) is 2.48. The molecule has 3 aliphatic rings. The maximum Gasteiger partial charge on any atom is 0.307 e. The molecule has 1 amide bonds. The van der Waals surface area contributed by atoms with Crippen LogP contribution in [0.15, 0.2) is 0 Å². The highest BCUT2D eigenvalue weighted by atomic mass is 16.5. The molecule has 0 unspecified atom stereocenters. The molecule has 106 valence electrons. The van der Waals surface area contributed by atoms with E-state index in [1.165, 1.54) is 19.3 Å². The molecule has 0 aromatic heterocycles. The van der Waals surface area contributed by atoms with Crippen molar-refractivity contribution in [1.29, 1.82) is 0 Å². The summed E-state index contributed by atoms with van der Waals surface area (Å²) in [5.41, 5.74) is -0.139. The van der Waals surface area contributed by atoms with Crippen molar-refractivity contribution in [3.63, 3.8) is 0 Å². The van der Waals surface area contributed by atoms with Gasteiger partial charge in [0.1, 0.15) is 0 Å². The van der Waals surface area contributed by atoms with Crippen molar-refractivity contribution in [3.8, 4) is 0 Å². The van der Waals surface area contributed by atoms with Gasteiger partial charge in [0.05, 0.1) is 24.0 Å². The van der Waals surface area contributed by atoms with E-state index in [-0.39, 0.29) is 17.4 Å². The average molecular weight is 267 g/mol. The van der Waals surface area contributed by atoms with Gasteiger partial charge < -0.3 is 14.7 Å². The van der Waals surface area contributed by atoms with Crippen LogP contribution in [0.2, 0.25) is 0 Å². The van der Waals surface area contributed by atoms with Crippen molar-refractivity contribution in [1.82, 2.24) is 4.90 Å². The number of rotatable bonds is 2. The van der Waals surface area contributed by atoms with E-state index in [9.17, 15) is 9.59 Å². The summed E-state index contributed by atoms with van der Waals surface area (Å²) in [6.07, 6.45) is 6.17. The van der Waals surface area contributed by atoms with Gasteiger partial charge in [-0.25, -0.2) is 0 Å². The van der Waals surface area contributed by atoms with Crippen LogP contribution < -0.4 is 0 Å². The molecule has 1 N–H and O–H groups in total. The summed E-state index contributed by atoms with van der Waals surface area (Å²) in [7, 11) is 0. The van der Waals surface area contributed by atoms with Crippen LogP contribution in [0.1, 0.15) is 38.5 Å². The fraction of sp³-hybridized carbons (Fsp3) is 0.857. The number of morpholine rings is 1. The summed E-state index contributed by atoms with van der Waals surface area (Å²) < 4.78 is 5.95. The average Bonchev–Trinajstić information content (AvgIpc) is 3.19. The van der Waals surface area contributed by atoms with E-state index in [0.717, 1.165) is 12.8 Å². The summed E-state index contributed by atoms with van der Waals surface area (Å²) in [6, 6.07) is 0. The Bertz CT molecular complexity index is 383. The number of carbonyl (C=O) groups is 2. The number of carbonyl (C=O) groups excluding carboxylic acids is 1. The molecule has 1 spiro atoms. The minimum atomic E-state index is -0.834. The van der Waals surface area contributed by atoms with E-state index in [0.29, 0.717) is 26.1 Å². The molecule has 0 aromatic rings. The summed E-state index contributed by atoms with van der Waals surface area (Å²) in [6.45, 7) is 1.87. The van der Waals surface area contributed by atoms with Crippen molar-refractivity contribution in [2.75, 3.05) is 19.7 Å². The van der Waals surface area contributed by atoms with Crippen molar-refractivity contribution in [2.24, 2.45) is 11.8 Å². The second-order valence-electron chi connectivity index (χ2n) is 6.14. The Morgan fingerprint density at radius 1 is 1.16 bits per heavy atom. The van der Waals surface area contributed by atoms with E-state index in [4.69, 9.17) is 9.84 Å². The zero-order valence-electron chi connectivity index (χ0n) is 11.1. The molecule has 1 saturated heterocycles. The van der Waals surface area contributed by atoms with Gasteiger partial charge in [0.15, 0.2) is 0 Å². The van der Waals surface area contributed by atoms with Gasteiger partial charge in [-0.3, -0.25) is 9.59 Å². The Morgan fingerprint density at radius 2 is 1.89 bits per heavy atom. The lowest BCUT2D eigenvalue weighted by Crippen LogP contribution is -2.54. The molecule has 19 heavy (non-hydrogen) atoms. The van der Waals surface area contributed by atoms with Crippen LogP contribution in [0.4, 0.5) is 0 Å². The number of ether oxygens (including phenoxy) is 1. The molecule has 0 bridgehead atoms. The molecule has 3 rings (SSSR count). The summed E-state index contributed by atoms with van der Waals surface area (Å²) >= 11 is 0. The second kappa shape index (κ2) is 4.78. The molecule has 0 aromatic carbocycles. The number of hydrogen-bond acceptors (Lipinski definition) is 3. The Labute approximate surface area is 112 Å². The lowest BCUT2D eigenvalue weighted by Gasteiger charge is -2.45. The van der Waals surface area contributed by atoms with E-state index in [2.05, 4.69) is 0 Å². The maximum atomic E-state index is 12.3. The van der Waals surface area contributed by atoms with Gasteiger partial charge in [-0.1, -0.05) is 19.3 Å². The monoisotopic (exact) mass is 267 g/mol. The number of carboxylic acid groups (broad SMARTS) is 1. The van der Waals surface area contributed by atoms with Gasteiger partial charge in [-0.2, -0.15) is 0 Å². The topological polar surface area (TPSA) is 66.8 Å². The highest BCUT2D eigenvalue weighted by molar-refractivity contribution is 5.89. The Balaban J connectivity index is 1.62. The first-order valence-corrected chi connectivity index (χ1v) is 7.27. The molecule has 3 fully saturated rings. The minimum Gasteiger partial charge on any atom is -0.481 e. The van der Waals surface area contributed by atoms with Crippen LogP contribution in [0.25, 0.3) is 0 Å². The van der Waals surface area contributed by atoms with Crippen LogP contribution in [0.5, 0.6) is 0 Å². The normalized spacial score (nSPS) is 33.2. The summed E-state index contributed by atoms with van der Waals surface area (Å²) in [5, 5.41) is 8.92. The molecule has 2 atom stereocenters. The largest absolute Gasteiger partial charge is 0.481 e. The zero-order valence-corrected chi connectivity index (χ0v) is 11.1. The lowest BCUT2D eigenvalue weighted by atomic mass is 9.83. The number of amides is 1. The Morgan fingerprint density at radius 3 is 2.53 bits per heavy atom. The van der Waals surface area contributed by atoms with Gasteiger partial charge in [0.25, 0.3) is 0 Å². The maximum absolute atomic E-state index is 12.3. The van der Waals surface area contributed by atoms with Gasteiger partial charge in [-0.15, -0.1) is 0 Å². The fourth-order valence-corrected chi connectivity index (χ4v) is 3.51. The molecule has 2 saturated carbocycles. The first kappa shape index (κ1) is 12.9. The van der Waals surface area contributed by atoms with Gasteiger partial charge in [0, 0.05) is 13.1 Å². The van der Waals surface area contributed by atoms with Crippen molar-refractivity contribution in [2.45, 2.75) is 44.1 Å². The van der Waals surface area contributed by atoms with Crippen LogP contribution in [-0.4, -0.2) is 47.2 Å². The molecular weight excluding hydrogens is 246 g/mol. The van der Waals surface area contributed by atoms with Crippen molar-refractivity contribution in [3.05, 3.63) is 0 Å².